The van der Waals surface area contributed by atoms with E-state index in [-0.39, 0.29) is 37.4 Å². The smallest absolute Gasteiger partial charge is 1.00 e. The summed E-state index contributed by atoms with van der Waals surface area (Å²) in [7, 11) is -9.52. The molecule has 6 nitrogen and oxygen atoms in total. The Morgan fingerprint density at radius 3 is 1.58 bits per heavy atom. The van der Waals surface area contributed by atoms with Crippen LogP contribution in [-0.4, -0.2) is 30.5 Å². The van der Waals surface area contributed by atoms with Gasteiger partial charge < -0.3 is 1.43 Å². The zero-order chi connectivity index (χ0) is 14.2. The number of hydrogen-bond acceptors (Lipinski definition) is 4. The largest absolute Gasteiger partial charge is 1.00 e. The van der Waals surface area contributed by atoms with E-state index in [0.29, 0.717) is 12.8 Å². The SMILES string of the molecule is CCCCCCCCCC(S(=O)(=O)O)S(=O)(=O)O.[H-].[Na+]. The Hall–Kier alpha value is 0.820. The summed E-state index contributed by atoms with van der Waals surface area (Å²) in [6, 6.07) is 0. The molecule has 0 aromatic heterocycles. The third-order valence-electron chi connectivity index (χ3n) is 2.71. The zero-order valence-corrected chi connectivity index (χ0v) is 15.2. The predicted molar refractivity (Wildman–Crippen MR) is 70.6 cm³/mol. The van der Waals surface area contributed by atoms with Gasteiger partial charge in [0.25, 0.3) is 20.2 Å². The molecule has 0 saturated carbocycles. The van der Waals surface area contributed by atoms with E-state index in [0.717, 1.165) is 32.1 Å². The third-order valence-corrected chi connectivity index (χ3v) is 5.97. The van der Waals surface area contributed by atoms with Crippen molar-refractivity contribution in [2.45, 2.75) is 62.9 Å². The Balaban J connectivity index is -0.00000144. The first-order chi connectivity index (χ1) is 8.19. The molecule has 0 aromatic rings. The number of hydrogen-bond donors (Lipinski definition) is 2. The van der Waals surface area contributed by atoms with E-state index in [1.807, 2.05) is 0 Å². The molecule has 0 unspecified atom stereocenters. The van der Waals surface area contributed by atoms with Crippen LogP contribution in [0.2, 0.25) is 0 Å². The second-order valence-corrected chi connectivity index (χ2v) is 7.87. The normalized spacial score (nSPS) is 12.4. The van der Waals surface area contributed by atoms with E-state index in [1.54, 1.807) is 0 Å². The number of unbranched alkanes of at least 4 members (excludes halogenated alkanes) is 6. The van der Waals surface area contributed by atoms with Gasteiger partial charge in [-0.25, -0.2) is 0 Å². The second-order valence-electron chi connectivity index (χ2n) is 4.37. The molecule has 0 radical (unpaired) electrons. The minimum atomic E-state index is -4.76. The Morgan fingerprint density at radius 1 is 0.842 bits per heavy atom. The molecular formula is C10H23NaO6S2. The van der Waals surface area contributed by atoms with Crippen LogP contribution in [-0.2, 0) is 20.2 Å². The topological polar surface area (TPSA) is 109 Å². The summed E-state index contributed by atoms with van der Waals surface area (Å²) in [6.07, 6.45) is 6.07. The van der Waals surface area contributed by atoms with Crippen molar-refractivity contribution in [2.24, 2.45) is 0 Å². The van der Waals surface area contributed by atoms with E-state index in [1.165, 1.54) is 0 Å². The van der Waals surface area contributed by atoms with Gasteiger partial charge in [-0.05, 0) is 6.42 Å². The van der Waals surface area contributed by atoms with Crippen LogP contribution in [0, 0.1) is 0 Å². The average Bonchev–Trinajstić information content (AvgIpc) is 2.18. The molecule has 0 rings (SSSR count). The van der Waals surface area contributed by atoms with Crippen LogP contribution in [0.1, 0.15) is 59.7 Å². The van der Waals surface area contributed by atoms with Gasteiger partial charge >= 0.3 is 29.6 Å². The fourth-order valence-corrected chi connectivity index (χ4v) is 3.88. The van der Waals surface area contributed by atoms with Gasteiger partial charge in [0.05, 0.1) is 0 Å². The van der Waals surface area contributed by atoms with Crippen molar-refractivity contribution < 1.29 is 56.9 Å². The minimum Gasteiger partial charge on any atom is -1.00 e. The standard InChI is InChI=1S/C10H22O6S2.Na.H/c1-2-3-4-5-6-7-8-9-10(17(11,12)13)18(14,15)16;;/h10H,2-9H2,1H3,(H,11,12,13)(H,14,15,16);;/q;+1;-1. The van der Waals surface area contributed by atoms with Crippen molar-refractivity contribution in [3.05, 3.63) is 0 Å². The Kier molecular flexibility index (Phi) is 12.3. The maximum absolute atomic E-state index is 10.8. The van der Waals surface area contributed by atoms with Crippen molar-refractivity contribution in [3.63, 3.8) is 0 Å². The minimum absolute atomic E-state index is 0. The molecule has 19 heavy (non-hydrogen) atoms. The van der Waals surface area contributed by atoms with Crippen molar-refractivity contribution in [1.29, 1.82) is 0 Å². The van der Waals surface area contributed by atoms with Crippen LogP contribution >= 0.6 is 0 Å². The van der Waals surface area contributed by atoms with Crippen molar-refractivity contribution >= 4 is 20.2 Å². The monoisotopic (exact) mass is 326 g/mol. The summed E-state index contributed by atoms with van der Waals surface area (Å²) < 4.78 is 58.5. The maximum atomic E-state index is 10.8. The van der Waals surface area contributed by atoms with Gasteiger partial charge in [-0.3, -0.25) is 9.11 Å². The van der Waals surface area contributed by atoms with Crippen molar-refractivity contribution in [2.75, 3.05) is 0 Å². The van der Waals surface area contributed by atoms with Crippen LogP contribution in [0.15, 0.2) is 0 Å². The van der Waals surface area contributed by atoms with E-state index in [4.69, 9.17) is 9.11 Å². The molecule has 2 N–H and O–H groups in total. The van der Waals surface area contributed by atoms with Crippen molar-refractivity contribution in [3.8, 4) is 0 Å². The van der Waals surface area contributed by atoms with Gasteiger partial charge in [-0.2, -0.15) is 16.8 Å². The average molecular weight is 326 g/mol. The van der Waals surface area contributed by atoms with E-state index in [9.17, 15) is 16.8 Å². The molecular weight excluding hydrogens is 303 g/mol. The molecule has 0 aromatic carbocycles. The Morgan fingerprint density at radius 2 is 1.21 bits per heavy atom. The second kappa shape index (κ2) is 10.5. The van der Waals surface area contributed by atoms with E-state index < -0.39 is 24.8 Å². The van der Waals surface area contributed by atoms with Crippen LogP contribution in [0.5, 0.6) is 0 Å². The van der Waals surface area contributed by atoms with Crippen LogP contribution in [0.25, 0.3) is 0 Å². The van der Waals surface area contributed by atoms with Crippen LogP contribution in [0.3, 0.4) is 0 Å². The van der Waals surface area contributed by atoms with Gasteiger partial charge in [0.1, 0.15) is 0 Å². The molecule has 0 heterocycles. The molecule has 0 amide bonds. The van der Waals surface area contributed by atoms with E-state index in [2.05, 4.69) is 6.92 Å². The summed E-state index contributed by atoms with van der Waals surface area (Å²) in [4.78, 5) is 0. The molecule has 9 heteroatoms. The van der Waals surface area contributed by atoms with Crippen LogP contribution < -0.4 is 29.6 Å². The van der Waals surface area contributed by atoms with E-state index >= 15 is 0 Å². The Labute approximate surface area is 139 Å². The molecule has 0 aliphatic carbocycles. The summed E-state index contributed by atoms with van der Waals surface area (Å²) in [5.41, 5.74) is 0. The summed E-state index contributed by atoms with van der Waals surface area (Å²) in [6.45, 7) is 2.10. The quantitative estimate of drug-likeness (QED) is 0.314. The maximum Gasteiger partial charge on any atom is 1.00 e. The molecule has 0 spiro atoms. The van der Waals surface area contributed by atoms with Gasteiger partial charge in [-0.15, -0.1) is 0 Å². The predicted octanol–water partition coefficient (Wildman–Crippen LogP) is -0.655. The molecule has 0 aliphatic rings. The molecule has 0 atom stereocenters. The van der Waals surface area contributed by atoms with Gasteiger partial charge in [0, 0.05) is 0 Å². The van der Waals surface area contributed by atoms with Crippen LogP contribution in [0.4, 0.5) is 0 Å². The zero-order valence-electron chi connectivity index (χ0n) is 12.6. The molecule has 112 valence electrons. The number of rotatable bonds is 10. The molecule has 0 saturated heterocycles. The molecule has 0 fully saturated rings. The summed E-state index contributed by atoms with van der Waals surface area (Å²) in [5.74, 6) is 0. The molecule has 0 aliphatic heterocycles. The van der Waals surface area contributed by atoms with Gasteiger partial charge in [-0.1, -0.05) is 51.9 Å². The Bertz CT molecular complexity index is 391. The van der Waals surface area contributed by atoms with Gasteiger partial charge in [0.15, 0.2) is 0 Å². The van der Waals surface area contributed by atoms with Gasteiger partial charge in [0.2, 0.25) is 4.58 Å². The fourth-order valence-electron chi connectivity index (χ4n) is 1.72. The fraction of sp³-hybridized carbons (Fsp3) is 1.00. The summed E-state index contributed by atoms with van der Waals surface area (Å²) >= 11 is 0. The first-order valence-corrected chi connectivity index (χ1v) is 9.13. The third kappa shape index (κ3) is 11.2. The summed E-state index contributed by atoms with van der Waals surface area (Å²) in [5, 5.41) is 0. The first kappa shape index (κ1) is 22.1. The van der Waals surface area contributed by atoms with Crippen molar-refractivity contribution in [1.82, 2.24) is 0 Å². The first-order valence-electron chi connectivity index (χ1n) is 6.12. The molecule has 0 bridgehead atoms.